The number of hydrogen-bond acceptors (Lipinski definition) is 4. The van der Waals surface area contributed by atoms with Crippen LogP contribution in [0.25, 0.3) is 0 Å². The smallest absolute Gasteiger partial charge is 0.292 e. The largest absolute Gasteiger partial charge is 0.436 e. The first-order chi connectivity index (χ1) is 10.6. The number of benzene rings is 1. The van der Waals surface area contributed by atoms with E-state index in [9.17, 15) is 4.79 Å². The van der Waals surface area contributed by atoms with Crippen LogP contribution in [0, 0.1) is 13.8 Å². The minimum atomic E-state index is -0.121. The minimum absolute atomic E-state index is 0.0650. The average Bonchev–Trinajstić information content (AvgIpc) is 2.85. The maximum absolute atomic E-state index is 12.8. The van der Waals surface area contributed by atoms with Crippen LogP contribution in [-0.4, -0.2) is 35.4 Å². The molecule has 0 aliphatic carbocycles. The van der Waals surface area contributed by atoms with E-state index in [1.165, 1.54) is 0 Å². The van der Waals surface area contributed by atoms with Crippen molar-refractivity contribution in [3.05, 3.63) is 52.2 Å². The Hall–Kier alpha value is -1.85. The number of hydrogen-bond donors (Lipinski definition) is 1. The van der Waals surface area contributed by atoms with Gasteiger partial charge in [-0.25, -0.2) is 4.98 Å². The number of aromatic nitrogens is 1. The molecule has 1 N–H and O–H groups in total. The Morgan fingerprint density at radius 3 is 2.95 bits per heavy atom. The van der Waals surface area contributed by atoms with Gasteiger partial charge in [0.1, 0.15) is 0 Å². The van der Waals surface area contributed by atoms with E-state index >= 15 is 0 Å². The Bertz CT molecular complexity index is 698. The molecule has 0 bridgehead atoms. The highest BCUT2D eigenvalue weighted by molar-refractivity contribution is 6.30. The lowest BCUT2D eigenvalue weighted by Gasteiger charge is -2.36. The third kappa shape index (κ3) is 2.87. The molecule has 2 heterocycles. The number of nitrogens with one attached hydrogen (secondary N) is 1. The van der Waals surface area contributed by atoms with Gasteiger partial charge >= 0.3 is 0 Å². The minimum Gasteiger partial charge on any atom is -0.436 e. The van der Waals surface area contributed by atoms with E-state index in [-0.39, 0.29) is 11.9 Å². The maximum atomic E-state index is 12.8. The van der Waals surface area contributed by atoms with E-state index < -0.39 is 0 Å². The molecule has 0 saturated carbocycles. The molecule has 0 radical (unpaired) electrons. The Morgan fingerprint density at radius 1 is 1.45 bits per heavy atom. The van der Waals surface area contributed by atoms with Crippen molar-refractivity contribution in [2.24, 2.45) is 0 Å². The summed E-state index contributed by atoms with van der Waals surface area (Å²) in [4.78, 5) is 18.9. The van der Waals surface area contributed by atoms with Gasteiger partial charge in [-0.2, -0.15) is 0 Å². The molecular formula is C16H18ClN3O2. The van der Waals surface area contributed by atoms with Gasteiger partial charge in [0.25, 0.3) is 5.91 Å². The average molecular weight is 320 g/mol. The first-order valence-electron chi connectivity index (χ1n) is 7.27. The highest BCUT2D eigenvalue weighted by atomic mass is 35.5. The van der Waals surface area contributed by atoms with Gasteiger partial charge in [-0.1, -0.05) is 23.7 Å². The van der Waals surface area contributed by atoms with Crippen LogP contribution in [0.3, 0.4) is 0 Å². The van der Waals surface area contributed by atoms with Gasteiger partial charge in [0.15, 0.2) is 5.89 Å². The number of amides is 1. The van der Waals surface area contributed by atoms with Crippen molar-refractivity contribution >= 4 is 17.5 Å². The lowest BCUT2D eigenvalue weighted by atomic mass is 10.0. The van der Waals surface area contributed by atoms with Crippen LogP contribution in [0.1, 0.15) is 33.7 Å². The second kappa shape index (κ2) is 6.10. The predicted molar refractivity (Wildman–Crippen MR) is 84.1 cm³/mol. The quantitative estimate of drug-likeness (QED) is 0.924. The summed E-state index contributed by atoms with van der Waals surface area (Å²) in [5.74, 6) is 0.714. The number of oxazole rings is 1. The van der Waals surface area contributed by atoms with E-state index in [0.29, 0.717) is 35.5 Å². The van der Waals surface area contributed by atoms with Crippen LogP contribution in [0.5, 0.6) is 0 Å². The number of aryl methyl sites for hydroxylation is 2. The number of carbonyl (C=O) groups excluding carboxylic acids is 1. The maximum Gasteiger partial charge on any atom is 0.292 e. The zero-order valence-corrected chi connectivity index (χ0v) is 13.4. The molecule has 22 heavy (non-hydrogen) atoms. The predicted octanol–water partition coefficient (Wildman–Crippen LogP) is 2.73. The van der Waals surface area contributed by atoms with Crippen LogP contribution in [0.4, 0.5) is 0 Å². The standard InChI is InChI=1S/C16H18ClN3O2/c1-10-15(22-11(2)19-10)16(21)20-7-6-18-9-14(20)12-4-3-5-13(17)8-12/h3-5,8,14,18H,6-7,9H2,1-2H3. The van der Waals surface area contributed by atoms with Crippen LogP contribution in [0.2, 0.25) is 5.02 Å². The summed E-state index contributed by atoms with van der Waals surface area (Å²) in [5.41, 5.74) is 1.65. The van der Waals surface area contributed by atoms with Crippen LogP contribution < -0.4 is 5.32 Å². The Kier molecular flexibility index (Phi) is 4.18. The van der Waals surface area contributed by atoms with Gasteiger partial charge in [-0.05, 0) is 24.6 Å². The first-order valence-corrected chi connectivity index (χ1v) is 7.65. The second-order valence-electron chi connectivity index (χ2n) is 5.42. The van der Waals surface area contributed by atoms with E-state index in [0.717, 1.165) is 12.1 Å². The summed E-state index contributed by atoms with van der Waals surface area (Å²) >= 11 is 6.08. The van der Waals surface area contributed by atoms with Crippen LogP contribution in [0.15, 0.2) is 28.7 Å². The summed E-state index contributed by atoms with van der Waals surface area (Å²) in [6.07, 6.45) is 0. The molecule has 1 fully saturated rings. The van der Waals surface area contributed by atoms with Gasteiger partial charge in [-0.15, -0.1) is 0 Å². The molecule has 0 spiro atoms. The molecule has 1 aliphatic rings. The lowest BCUT2D eigenvalue weighted by molar-refractivity contribution is 0.0599. The van der Waals surface area contributed by atoms with E-state index in [4.69, 9.17) is 16.0 Å². The number of piperazine rings is 1. The fourth-order valence-electron chi connectivity index (χ4n) is 2.82. The fourth-order valence-corrected chi connectivity index (χ4v) is 3.02. The zero-order chi connectivity index (χ0) is 15.7. The fraction of sp³-hybridized carbons (Fsp3) is 0.375. The third-order valence-electron chi connectivity index (χ3n) is 3.84. The summed E-state index contributed by atoms with van der Waals surface area (Å²) in [5, 5.41) is 3.99. The molecule has 1 unspecified atom stereocenters. The van der Waals surface area contributed by atoms with Crippen molar-refractivity contribution in [1.82, 2.24) is 15.2 Å². The normalized spacial score (nSPS) is 18.5. The second-order valence-corrected chi connectivity index (χ2v) is 5.86. The summed E-state index contributed by atoms with van der Waals surface area (Å²) < 4.78 is 5.49. The Labute approximate surface area is 134 Å². The van der Waals surface area contributed by atoms with E-state index in [1.807, 2.05) is 29.2 Å². The molecule has 1 aromatic heterocycles. The monoisotopic (exact) mass is 319 g/mol. The molecule has 3 rings (SSSR count). The van der Waals surface area contributed by atoms with Crippen LogP contribution >= 0.6 is 11.6 Å². The van der Waals surface area contributed by atoms with Crippen molar-refractivity contribution < 1.29 is 9.21 Å². The van der Waals surface area contributed by atoms with Gasteiger partial charge in [-0.3, -0.25) is 4.79 Å². The molecule has 1 atom stereocenters. The summed E-state index contributed by atoms with van der Waals surface area (Å²) in [7, 11) is 0. The number of carbonyl (C=O) groups is 1. The van der Waals surface area contributed by atoms with Crippen LogP contribution in [-0.2, 0) is 0 Å². The Balaban J connectivity index is 1.92. The van der Waals surface area contributed by atoms with Crippen molar-refractivity contribution in [3.63, 3.8) is 0 Å². The molecule has 6 heteroatoms. The van der Waals surface area contributed by atoms with Gasteiger partial charge in [0, 0.05) is 31.6 Å². The lowest BCUT2D eigenvalue weighted by Crippen LogP contribution is -2.48. The van der Waals surface area contributed by atoms with E-state index in [1.54, 1.807) is 13.8 Å². The molecule has 5 nitrogen and oxygen atoms in total. The number of halogens is 1. The molecular weight excluding hydrogens is 302 g/mol. The summed E-state index contributed by atoms with van der Waals surface area (Å²) in [6, 6.07) is 7.56. The molecule has 1 aliphatic heterocycles. The van der Waals surface area contributed by atoms with Crippen molar-refractivity contribution in [3.8, 4) is 0 Å². The molecule has 2 aromatic rings. The SMILES string of the molecule is Cc1nc(C)c(C(=O)N2CCNCC2c2cccc(Cl)c2)o1. The molecule has 1 saturated heterocycles. The molecule has 1 aromatic carbocycles. The van der Waals surface area contributed by atoms with Crippen molar-refractivity contribution in [1.29, 1.82) is 0 Å². The number of nitrogens with zero attached hydrogens (tertiary/aromatic N) is 2. The highest BCUT2D eigenvalue weighted by Gasteiger charge is 2.31. The first kappa shape index (κ1) is 15.1. The third-order valence-corrected chi connectivity index (χ3v) is 4.07. The highest BCUT2D eigenvalue weighted by Crippen LogP contribution is 2.27. The van der Waals surface area contributed by atoms with Gasteiger partial charge in [0.05, 0.1) is 11.7 Å². The topological polar surface area (TPSA) is 58.4 Å². The molecule has 1 amide bonds. The van der Waals surface area contributed by atoms with Crippen molar-refractivity contribution in [2.75, 3.05) is 19.6 Å². The van der Waals surface area contributed by atoms with Crippen molar-refractivity contribution in [2.45, 2.75) is 19.9 Å². The Morgan fingerprint density at radius 2 is 2.27 bits per heavy atom. The van der Waals surface area contributed by atoms with E-state index in [2.05, 4.69) is 10.3 Å². The summed E-state index contributed by atoms with van der Waals surface area (Å²) in [6.45, 7) is 5.61. The molecule has 116 valence electrons. The van der Waals surface area contributed by atoms with Gasteiger partial charge < -0.3 is 14.6 Å². The van der Waals surface area contributed by atoms with Gasteiger partial charge in [0.2, 0.25) is 5.76 Å². The zero-order valence-electron chi connectivity index (χ0n) is 12.6. The number of rotatable bonds is 2.